The van der Waals surface area contributed by atoms with Gasteiger partial charge in [0.2, 0.25) is 0 Å². The normalized spacial score (nSPS) is 11.1. The zero-order valence-corrected chi connectivity index (χ0v) is 15.0. The topological polar surface area (TPSA) is 59.3 Å². The Bertz CT molecular complexity index is 1180. The molecule has 6 heteroatoms. The van der Waals surface area contributed by atoms with Crippen LogP contribution in [0.4, 0.5) is 5.69 Å². The highest BCUT2D eigenvalue weighted by atomic mass is 35.5. The lowest BCUT2D eigenvalue weighted by atomic mass is 10.1. The lowest BCUT2D eigenvalue weighted by molar-refractivity contribution is 0.808. The van der Waals surface area contributed by atoms with Gasteiger partial charge < -0.3 is 0 Å². The minimum absolute atomic E-state index is 0.0314. The molecular weight excluding hydrogens is 360 g/mol. The molecule has 0 unspecified atom stereocenters. The van der Waals surface area contributed by atoms with Gasteiger partial charge in [0, 0.05) is 5.56 Å². The van der Waals surface area contributed by atoms with Gasteiger partial charge in [-0.25, -0.2) is 0 Å². The summed E-state index contributed by atoms with van der Waals surface area (Å²) in [6.45, 7) is 0. The van der Waals surface area contributed by atoms with E-state index in [2.05, 4.69) is 15.6 Å². The number of nitrogens with zero attached hydrogens (tertiary/aromatic N) is 3. The van der Waals surface area contributed by atoms with E-state index in [1.165, 1.54) is 10.9 Å². The molecule has 0 amide bonds. The van der Waals surface area contributed by atoms with Crippen LogP contribution in [0.25, 0.3) is 16.5 Å². The highest BCUT2D eigenvalue weighted by Gasteiger charge is 2.10. The van der Waals surface area contributed by atoms with Crippen LogP contribution in [-0.4, -0.2) is 16.0 Å². The van der Waals surface area contributed by atoms with E-state index in [9.17, 15) is 4.79 Å². The van der Waals surface area contributed by atoms with Crippen LogP contribution in [0.3, 0.4) is 0 Å². The van der Waals surface area contributed by atoms with Gasteiger partial charge in [-0.05, 0) is 22.9 Å². The van der Waals surface area contributed by atoms with Crippen molar-refractivity contribution >= 4 is 34.3 Å². The van der Waals surface area contributed by atoms with Crippen molar-refractivity contribution in [1.82, 2.24) is 9.78 Å². The van der Waals surface area contributed by atoms with Crippen LogP contribution >= 0.6 is 11.6 Å². The second-order valence-corrected chi connectivity index (χ2v) is 6.24. The number of halogens is 1. The summed E-state index contributed by atoms with van der Waals surface area (Å²) in [6.07, 6.45) is 3.18. The minimum atomic E-state index is -0.409. The van der Waals surface area contributed by atoms with Crippen molar-refractivity contribution in [2.24, 2.45) is 5.10 Å². The Labute approximate surface area is 160 Å². The number of anilines is 1. The number of aromatic nitrogens is 2. The number of hydrogen-bond donors (Lipinski definition) is 1. The molecule has 132 valence electrons. The fourth-order valence-corrected chi connectivity index (χ4v) is 2.97. The maximum absolute atomic E-state index is 12.5. The van der Waals surface area contributed by atoms with Gasteiger partial charge >= 0.3 is 0 Å². The van der Waals surface area contributed by atoms with Gasteiger partial charge in [-0.3, -0.25) is 10.2 Å². The van der Waals surface area contributed by atoms with Gasteiger partial charge in [-0.2, -0.15) is 14.9 Å². The maximum Gasteiger partial charge on any atom is 0.292 e. The third kappa shape index (κ3) is 3.45. The summed E-state index contributed by atoms with van der Waals surface area (Å²) in [7, 11) is 0. The van der Waals surface area contributed by atoms with Gasteiger partial charge in [0.1, 0.15) is 10.7 Å². The molecule has 0 bridgehead atoms. The molecule has 0 saturated carbocycles. The largest absolute Gasteiger partial charge is 0.292 e. The van der Waals surface area contributed by atoms with E-state index >= 15 is 0 Å². The third-order valence-electron chi connectivity index (χ3n) is 4.13. The summed E-state index contributed by atoms with van der Waals surface area (Å²) >= 11 is 6.22. The summed E-state index contributed by atoms with van der Waals surface area (Å²) in [5.74, 6) is 0. The van der Waals surface area contributed by atoms with Crippen molar-refractivity contribution in [2.75, 3.05) is 5.43 Å². The molecule has 5 nitrogen and oxygen atoms in total. The second-order valence-electron chi connectivity index (χ2n) is 5.86. The predicted molar refractivity (Wildman–Crippen MR) is 110 cm³/mol. The second kappa shape index (κ2) is 7.43. The quantitative estimate of drug-likeness (QED) is 0.423. The SMILES string of the molecule is O=c1c(Cl)c(N/N=C/c2cccc3ccccc23)cnn1-c1ccccc1. The number of nitrogens with one attached hydrogen (secondary N) is 1. The van der Waals surface area contributed by atoms with Crippen LogP contribution in [0.1, 0.15) is 5.56 Å². The van der Waals surface area contributed by atoms with Crippen molar-refractivity contribution in [3.05, 3.63) is 99.9 Å². The van der Waals surface area contributed by atoms with Crippen LogP contribution in [0.15, 0.2) is 88.9 Å². The summed E-state index contributed by atoms with van der Waals surface area (Å²) in [5.41, 5.74) is 4.36. The van der Waals surface area contributed by atoms with E-state index in [4.69, 9.17) is 11.6 Å². The molecular formula is C21H15ClN4O. The first-order valence-corrected chi connectivity index (χ1v) is 8.72. The predicted octanol–water partition coefficient (Wildman–Crippen LogP) is 4.49. The van der Waals surface area contributed by atoms with Crippen molar-refractivity contribution in [3.8, 4) is 5.69 Å². The lowest BCUT2D eigenvalue weighted by Gasteiger charge is -2.07. The number of rotatable bonds is 4. The Morgan fingerprint density at radius 2 is 1.70 bits per heavy atom. The molecule has 4 aromatic rings. The highest BCUT2D eigenvalue weighted by molar-refractivity contribution is 6.33. The van der Waals surface area contributed by atoms with Gasteiger partial charge in [-0.15, -0.1) is 0 Å². The van der Waals surface area contributed by atoms with E-state index in [0.717, 1.165) is 16.3 Å². The van der Waals surface area contributed by atoms with Crippen LogP contribution in [0.5, 0.6) is 0 Å². The molecule has 1 aromatic heterocycles. The molecule has 0 atom stereocenters. The average molecular weight is 375 g/mol. The first-order valence-electron chi connectivity index (χ1n) is 8.34. The summed E-state index contributed by atoms with van der Waals surface area (Å²) < 4.78 is 1.25. The Morgan fingerprint density at radius 3 is 2.56 bits per heavy atom. The molecule has 0 aliphatic heterocycles. The van der Waals surface area contributed by atoms with Gasteiger partial charge in [0.15, 0.2) is 0 Å². The summed E-state index contributed by atoms with van der Waals surface area (Å²) in [4.78, 5) is 12.5. The van der Waals surface area contributed by atoms with Crippen molar-refractivity contribution in [3.63, 3.8) is 0 Å². The lowest BCUT2D eigenvalue weighted by Crippen LogP contribution is -2.22. The van der Waals surface area contributed by atoms with E-state index in [1.807, 2.05) is 60.7 Å². The molecule has 0 radical (unpaired) electrons. The minimum Gasteiger partial charge on any atom is -0.275 e. The Hall–Kier alpha value is -3.44. The first kappa shape index (κ1) is 17.0. The smallest absolute Gasteiger partial charge is 0.275 e. The van der Waals surface area contributed by atoms with Crippen molar-refractivity contribution in [1.29, 1.82) is 0 Å². The zero-order valence-electron chi connectivity index (χ0n) is 14.2. The number of para-hydroxylation sites is 1. The summed E-state index contributed by atoms with van der Waals surface area (Å²) in [6, 6.07) is 23.2. The molecule has 0 aliphatic rings. The Kier molecular flexibility index (Phi) is 4.68. The van der Waals surface area contributed by atoms with E-state index < -0.39 is 5.56 Å². The Morgan fingerprint density at radius 1 is 0.963 bits per heavy atom. The number of fused-ring (bicyclic) bond motifs is 1. The first-order chi connectivity index (χ1) is 13.2. The monoisotopic (exact) mass is 374 g/mol. The maximum atomic E-state index is 12.5. The third-order valence-corrected chi connectivity index (χ3v) is 4.50. The summed E-state index contributed by atoms with van der Waals surface area (Å²) in [5, 5.41) is 10.6. The van der Waals surface area contributed by atoms with Gasteiger partial charge in [-0.1, -0.05) is 72.3 Å². The molecule has 4 rings (SSSR count). The van der Waals surface area contributed by atoms with E-state index in [1.54, 1.807) is 18.3 Å². The fourth-order valence-electron chi connectivity index (χ4n) is 2.80. The van der Waals surface area contributed by atoms with Gasteiger partial charge in [0.05, 0.1) is 18.1 Å². The molecule has 1 N–H and O–H groups in total. The molecule has 0 aliphatic carbocycles. The van der Waals surface area contributed by atoms with E-state index in [0.29, 0.717) is 11.4 Å². The molecule has 1 heterocycles. The number of benzene rings is 3. The fraction of sp³-hybridized carbons (Fsp3) is 0. The average Bonchev–Trinajstić information content (AvgIpc) is 2.72. The van der Waals surface area contributed by atoms with Crippen LogP contribution in [0, 0.1) is 0 Å². The van der Waals surface area contributed by atoms with Crippen LogP contribution < -0.4 is 11.0 Å². The molecule has 3 aromatic carbocycles. The number of hydrogen-bond acceptors (Lipinski definition) is 4. The molecule has 0 fully saturated rings. The van der Waals surface area contributed by atoms with Crippen LogP contribution in [0.2, 0.25) is 5.02 Å². The van der Waals surface area contributed by atoms with Gasteiger partial charge in [0.25, 0.3) is 5.56 Å². The number of hydrazone groups is 1. The van der Waals surface area contributed by atoms with Crippen molar-refractivity contribution in [2.45, 2.75) is 0 Å². The zero-order chi connectivity index (χ0) is 18.6. The standard InChI is InChI=1S/C21H15ClN4O/c22-20-19(14-24-26(21(20)27)17-10-2-1-3-11-17)25-23-13-16-9-6-8-15-7-4-5-12-18(15)16/h1-14,25H/b23-13+. The van der Waals surface area contributed by atoms with Crippen molar-refractivity contribution < 1.29 is 0 Å². The molecule has 27 heavy (non-hydrogen) atoms. The molecule has 0 spiro atoms. The highest BCUT2D eigenvalue weighted by Crippen LogP contribution is 2.18. The van der Waals surface area contributed by atoms with Crippen LogP contribution in [-0.2, 0) is 0 Å². The Balaban J connectivity index is 1.61. The molecule has 0 saturated heterocycles. The van der Waals surface area contributed by atoms with E-state index in [-0.39, 0.29) is 5.02 Å².